The molecule has 192 valence electrons. The Kier molecular flexibility index (Phi) is 8.08. The number of methoxy groups -OCH3 is 1. The summed E-state index contributed by atoms with van der Waals surface area (Å²) in [5.41, 5.74) is 3.38. The van der Waals surface area contributed by atoms with Gasteiger partial charge < -0.3 is 24.8 Å². The van der Waals surface area contributed by atoms with Gasteiger partial charge in [0.05, 0.1) is 24.9 Å². The summed E-state index contributed by atoms with van der Waals surface area (Å²) in [7, 11) is 3.19. The molecule has 3 amide bonds. The predicted molar refractivity (Wildman–Crippen MR) is 145 cm³/mol. The number of nitrogens with one attached hydrogen (secondary N) is 2. The summed E-state index contributed by atoms with van der Waals surface area (Å²) in [6, 6.07) is 16.1. The van der Waals surface area contributed by atoms with Crippen LogP contribution in [0.3, 0.4) is 0 Å². The molecule has 2 atom stereocenters. The maximum atomic E-state index is 13.9. The topological polar surface area (TPSA) is 88.5 Å². The molecule has 0 aliphatic carbocycles. The quantitative estimate of drug-likeness (QED) is 0.435. The van der Waals surface area contributed by atoms with Crippen LogP contribution in [-0.4, -0.2) is 46.6 Å². The van der Waals surface area contributed by atoms with Gasteiger partial charge >= 0.3 is 6.03 Å². The van der Waals surface area contributed by atoms with E-state index in [2.05, 4.69) is 21.8 Å². The van der Waals surface area contributed by atoms with E-state index in [1.807, 2.05) is 67.7 Å². The number of rotatable bonds is 8. The lowest BCUT2D eigenvalue weighted by Crippen LogP contribution is -2.53. The van der Waals surface area contributed by atoms with Crippen molar-refractivity contribution in [1.29, 1.82) is 0 Å². The molecule has 37 heavy (non-hydrogen) atoms. The average molecular weight is 500 g/mol. The van der Waals surface area contributed by atoms with Crippen LogP contribution in [0.4, 0.5) is 10.5 Å². The third-order valence-corrected chi connectivity index (χ3v) is 6.60. The lowest BCUT2D eigenvalue weighted by atomic mass is 9.98. The molecular weight excluding hydrogens is 466 g/mol. The fourth-order valence-corrected chi connectivity index (χ4v) is 4.75. The Morgan fingerprint density at radius 1 is 1.19 bits per heavy atom. The highest BCUT2D eigenvalue weighted by atomic mass is 16.5. The van der Waals surface area contributed by atoms with Gasteiger partial charge in [-0.2, -0.15) is 0 Å². The molecule has 4 rings (SSSR count). The zero-order chi connectivity index (χ0) is 26.4. The summed E-state index contributed by atoms with van der Waals surface area (Å²) in [4.78, 5) is 33.2. The van der Waals surface area contributed by atoms with Crippen molar-refractivity contribution in [2.75, 3.05) is 19.5 Å². The normalized spacial score (nSPS) is 17.1. The van der Waals surface area contributed by atoms with Crippen molar-refractivity contribution in [3.8, 4) is 5.75 Å². The fourth-order valence-electron chi connectivity index (χ4n) is 4.75. The zero-order valence-electron chi connectivity index (χ0n) is 21.5. The van der Waals surface area contributed by atoms with E-state index >= 15 is 0 Å². The Balaban J connectivity index is 1.79. The number of imidazole rings is 1. The molecule has 1 aliphatic rings. The highest BCUT2D eigenvalue weighted by Crippen LogP contribution is 2.35. The number of urea groups is 1. The van der Waals surface area contributed by atoms with Crippen LogP contribution in [0.15, 0.2) is 79.5 Å². The summed E-state index contributed by atoms with van der Waals surface area (Å²) in [5.74, 6) is 1.28. The van der Waals surface area contributed by atoms with Crippen LogP contribution < -0.4 is 15.4 Å². The molecule has 1 aliphatic heterocycles. The lowest BCUT2D eigenvalue weighted by molar-refractivity contribution is -0.122. The number of ether oxygens (including phenoxy) is 1. The maximum absolute atomic E-state index is 13.9. The van der Waals surface area contributed by atoms with Crippen molar-refractivity contribution in [2.45, 2.75) is 38.4 Å². The molecular formula is C29H33N5O3. The van der Waals surface area contributed by atoms with Gasteiger partial charge in [-0.15, -0.1) is 0 Å². The number of carbonyl (C=O) groups is 2. The van der Waals surface area contributed by atoms with Crippen LogP contribution in [0.1, 0.15) is 36.5 Å². The van der Waals surface area contributed by atoms with Gasteiger partial charge in [0.1, 0.15) is 11.6 Å². The number of allylic oxidation sites excluding steroid dienone is 3. The van der Waals surface area contributed by atoms with Gasteiger partial charge in [0.25, 0.3) is 0 Å². The summed E-state index contributed by atoms with van der Waals surface area (Å²) >= 11 is 0. The van der Waals surface area contributed by atoms with E-state index in [1.54, 1.807) is 31.2 Å². The molecule has 2 N–H and O–H groups in total. The molecule has 2 aromatic carbocycles. The second-order valence-electron chi connectivity index (χ2n) is 8.89. The standard InChI is InChI=1S/C29H33N5O3/c1-5-21(6-2)25-19-33-18-23(17-27(35)30-3)34(29(36)31-22-13-10-14-24(16-22)37-4)26(28(33)32-25)15-20-11-8-7-9-12-20/h5-14,16,19,23,26H,1,15,17-18H2,2-4H3,(H,30,35)(H,31,36)/b21-6+. The minimum atomic E-state index is -0.395. The third-order valence-electron chi connectivity index (χ3n) is 6.60. The smallest absolute Gasteiger partial charge is 0.322 e. The molecule has 1 aromatic heterocycles. The van der Waals surface area contributed by atoms with Crippen LogP contribution in [-0.2, 0) is 17.8 Å². The van der Waals surface area contributed by atoms with Gasteiger partial charge in [0, 0.05) is 44.4 Å². The van der Waals surface area contributed by atoms with Crippen molar-refractivity contribution in [3.63, 3.8) is 0 Å². The summed E-state index contributed by atoms with van der Waals surface area (Å²) in [6.45, 7) is 6.30. The van der Waals surface area contributed by atoms with Crippen LogP contribution in [0.5, 0.6) is 5.75 Å². The van der Waals surface area contributed by atoms with Crippen molar-refractivity contribution in [3.05, 3.63) is 96.6 Å². The highest BCUT2D eigenvalue weighted by molar-refractivity contribution is 5.90. The largest absolute Gasteiger partial charge is 0.497 e. The van der Waals surface area contributed by atoms with Gasteiger partial charge in [-0.3, -0.25) is 4.79 Å². The molecule has 3 aromatic rings. The number of hydrogen-bond donors (Lipinski definition) is 2. The second-order valence-corrected chi connectivity index (χ2v) is 8.89. The number of amides is 3. The molecule has 8 nitrogen and oxygen atoms in total. The van der Waals surface area contributed by atoms with E-state index in [0.717, 1.165) is 22.7 Å². The van der Waals surface area contributed by atoms with Crippen molar-refractivity contribution >= 4 is 23.2 Å². The number of nitrogens with zero attached hydrogens (tertiary/aromatic N) is 3. The number of hydrogen-bond acceptors (Lipinski definition) is 4. The molecule has 0 saturated heterocycles. The number of benzene rings is 2. The van der Waals surface area contributed by atoms with Crippen molar-refractivity contribution < 1.29 is 14.3 Å². The van der Waals surface area contributed by atoms with Crippen molar-refractivity contribution in [2.24, 2.45) is 0 Å². The number of fused-ring (bicyclic) bond motifs is 1. The average Bonchev–Trinajstić information content (AvgIpc) is 3.33. The highest BCUT2D eigenvalue weighted by Gasteiger charge is 2.40. The third kappa shape index (κ3) is 5.74. The molecule has 2 unspecified atom stereocenters. The van der Waals surface area contributed by atoms with E-state index < -0.39 is 6.04 Å². The Morgan fingerprint density at radius 2 is 1.97 bits per heavy atom. The van der Waals surface area contributed by atoms with E-state index in [9.17, 15) is 9.59 Å². The monoisotopic (exact) mass is 499 g/mol. The molecule has 2 heterocycles. The summed E-state index contributed by atoms with van der Waals surface area (Å²) in [6.07, 6.45) is 6.43. The molecule has 0 radical (unpaired) electrons. The Hall–Kier alpha value is -4.33. The van der Waals surface area contributed by atoms with E-state index in [-0.39, 0.29) is 24.4 Å². The summed E-state index contributed by atoms with van der Waals surface area (Å²) in [5, 5.41) is 5.72. The van der Waals surface area contributed by atoms with E-state index in [0.29, 0.717) is 24.4 Å². The molecule has 8 heteroatoms. The predicted octanol–water partition coefficient (Wildman–Crippen LogP) is 4.82. The van der Waals surface area contributed by atoms with E-state index in [1.165, 1.54) is 0 Å². The van der Waals surface area contributed by atoms with Gasteiger partial charge in [0.15, 0.2) is 0 Å². The lowest BCUT2D eigenvalue weighted by Gasteiger charge is -2.42. The van der Waals surface area contributed by atoms with E-state index in [4.69, 9.17) is 9.72 Å². The molecule has 0 spiro atoms. The summed E-state index contributed by atoms with van der Waals surface area (Å²) < 4.78 is 7.39. The first-order valence-corrected chi connectivity index (χ1v) is 12.3. The first-order valence-electron chi connectivity index (χ1n) is 12.3. The Labute approximate surface area is 217 Å². The fraction of sp³-hybridized carbons (Fsp3) is 0.276. The SMILES string of the molecule is C=C/C(=C\C)c1cn2c(n1)C(Cc1ccccc1)N(C(=O)Nc1cccc(OC)c1)C(CC(=O)NC)C2. The first-order chi connectivity index (χ1) is 18.0. The maximum Gasteiger partial charge on any atom is 0.322 e. The van der Waals surface area contributed by atoms with Crippen LogP contribution >= 0.6 is 0 Å². The molecule has 0 fully saturated rings. The van der Waals surface area contributed by atoms with Crippen LogP contribution in [0.25, 0.3) is 5.57 Å². The first kappa shape index (κ1) is 25.8. The zero-order valence-corrected chi connectivity index (χ0v) is 21.5. The van der Waals surface area contributed by atoms with Gasteiger partial charge in [-0.1, -0.05) is 55.1 Å². The number of aromatic nitrogens is 2. The van der Waals surface area contributed by atoms with Gasteiger partial charge in [0.2, 0.25) is 5.91 Å². The minimum Gasteiger partial charge on any atom is -0.497 e. The number of anilines is 1. The molecule has 0 saturated carbocycles. The second kappa shape index (κ2) is 11.6. The Bertz CT molecular complexity index is 1300. The number of carbonyl (C=O) groups excluding carboxylic acids is 2. The van der Waals surface area contributed by atoms with Gasteiger partial charge in [-0.05, 0) is 30.2 Å². The van der Waals surface area contributed by atoms with Gasteiger partial charge in [-0.25, -0.2) is 9.78 Å². The minimum absolute atomic E-state index is 0.133. The van der Waals surface area contributed by atoms with Crippen LogP contribution in [0.2, 0.25) is 0 Å². The van der Waals surface area contributed by atoms with Crippen LogP contribution in [0, 0.1) is 0 Å². The molecule has 0 bridgehead atoms. The van der Waals surface area contributed by atoms with Crippen molar-refractivity contribution in [1.82, 2.24) is 19.8 Å². The Morgan fingerprint density at radius 3 is 2.65 bits per heavy atom.